The van der Waals surface area contributed by atoms with Gasteiger partial charge in [0.25, 0.3) is 0 Å². The van der Waals surface area contributed by atoms with Gasteiger partial charge in [-0.25, -0.2) is 0 Å². The van der Waals surface area contributed by atoms with Crippen LogP contribution < -0.4 is 4.74 Å². The molecule has 0 bridgehead atoms. The molecule has 0 atom stereocenters. The number of nitrogens with zero attached hydrogens (tertiary/aromatic N) is 6. The minimum atomic E-state index is -0.832. The summed E-state index contributed by atoms with van der Waals surface area (Å²) >= 11 is 0. The van der Waals surface area contributed by atoms with Crippen LogP contribution in [0.5, 0.6) is 11.5 Å². The maximum atomic E-state index is 9.79. The van der Waals surface area contributed by atoms with Gasteiger partial charge in [0.15, 0.2) is 0 Å². The summed E-state index contributed by atoms with van der Waals surface area (Å²) in [6.45, 7) is 0. The van der Waals surface area contributed by atoms with Crippen molar-refractivity contribution in [1.82, 2.24) is 19.1 Å². The first kappa shape index (κ1) is 30.5. The Morgan fingerprint density at radius 3 is 1.39 bits per heavy atom. The molecule has 0 saturated heterocycles. The van der Waals surface area contributed by atoms with E-state index in [1.807, 2.05) is 73.1 Å². The van der Waals surface area contributed by atoms with Crippen LogP contribution in [0, 0.1) is 22.7 Å². The van der Waals surface area contributed by atoms with Gasteiger partial charge in [-0.1, -0.05) is 48.5 Å². The normalized spacial score (nSPS) is 13.2. The van der Waals surface area contributed by atoms with Crippen molar-refractivity contribution < 1.29 is 4.74 Å². The monoisotopic (exact) mass is 714 g/mol. The molecule has 56 heavy (non-hydrogen) atoms. The van der Waals surface area contributed by atoms with E-state index in [1.54, 1.807) is 0 Å². The molecule has 12 rings (SSSR count). The maximum absolute atomic E-state index is 9.79. The molecule has 0 unspecified atom stereocenters. The van der Waals surface area contributed by atoms with E-state index in [0.29, 0.717) is 11.1 Å². The summed E-state index contributed by atoms with van der Waals surface area (Å²) in [5, 5.41) is 23.8. The van der Waals surface area contributed by atoms with Gasteiger partial charge in [0.1, 0.15) is 11.5 Å². The summed E-state index contributed by atoms with van der Waals surface area (Å²) in [6.07, 6.45) is 3.68. The van der Waals surface area contributed by atoms with Gasteiger partial charge in [-0.15, -0.1) is 0 Å². The lowest BCUT2D eigenvalue weighted by molar-refractivity contribution is 0.436. The third kappa shape index (κ3) is 3.83. The number of benzene rings is 6. The van der Waals surface area contributed by atoms with Crippen molar-refractivity contribution in [2.24, 2.45) is 0 Å². The summed E-state index contributed by atoms with van der Waals surface area (Å²) < 4.78 is 11.5. The van der Waals surface area contributed by atoms with Gasteiger partial charge in [-0.3, -0.25) is 9.97 Å². The fourth-order valence-corrected chi connectivity index (χ4v) is 9.50. The zero-order chi connectivity index (χ0) is 37.1. The van der Waals surface area contributed by atoms with E-state index < -0.39 is 5.41 Å². The summed E-state index contributed by atoms with van der Waals surface area (Å²) in [5.74, 6) is 1.52. The Bertz CT molecular complexity index is 3220. The fourth-order valence-electron chi connectivity index (χ4n) is 9.50. The Morgan fingerprint density at radius 1 is 0.446 bits per heavy atom. The van der Waals surface area contributed by atoms with Crippen LogP contribution in [0.1, 0.15) is 33.4 Å². The maximum Gasteiger partial charge on any atom is 0.132 e. The van der Waals surface area contributed by atoms with Gasteiger partial charge in [-0.05, 0) is 108 Å². The predicted molar refractivity (Wildman–Crippen MR) is 218 cm³/mol. The van der Waals surface area contributed by atoms with E-state index in [1.165, 1.54) is 0 Å². The Labute approximate surface area is 320 Å². The molecule has 258 valence electrons. The lowest BCUT2D eigenvalue weighted by Gasteiger charge is -2.39. The van der Waals surface area contributed by atoms with Crippen molar-refractivity contribution in [2.45, 2.75) is 5.41 Å². The third-order valence-corrected chi connectivity index (χ3v) is 11.7. The highest BCUT2D eigenvalue weighted by atomic mass is 16.5. The van der Waals surface area contributed by atoms with Crippen LogP contribution >= 0.6 is 0 Å². The van der Waals surface area contributed by atoms with Crippen LogP contribution in [0.4, 0.5) is 0 Å². The predicted octanol–water partition coefficient (Wildman–Crippen LogP) is 10.9. The molecule has 7 nitrogen and oxygen atoms in total. The number of pyridine rings is 2. The first-order chi connectivity index (χ1) is 27.7. The quantitative estimate of drug-likeness (QED) is 0.178. The molecule has 6 aromatic carbocycles. The number of ether oxygens (including phenoxy) is 1. The van der Waals surface area contributed by atoms with Crippen molar-refractivity contribution in [3.8, 4) is 46.4 Å². The van der Waals surface area contributed by atoms with Crippen molar-refractivity contribution in [1.29, 1.82) is 10.5 Å². The van der Waals surface area contributed by atoms with Crippen LogP contribution in [0.15, 0.2) is 158 Å². The second kappa shape index (κ2) is 11.0. The van der Waals surface area contributed by atoms with Crippen molar-refractivity contribution in [2.75, 3.05) is 0 Å². The highest BCUT2D eigenvalue weighted by molar-refractivity contribution is 6.11. The molecule has 0 saturated carbocycles. The summed E-state index contributed by atoms with van der Waals surface area (Å²) in [5.41, 5.74) is 12.2. The first-order valence-corrected chi connectivity index (χ1v) is 18.4. The minimum absolute atomic E-state index is 0.624. The molecular weight excluding hydrogens is 689 g/mol. The molecule has 2 aliphatic rings. The van der Waals surface area contributed by atoms with Crippen LogP contribution in [0.2, 0.25) is 0 Å². The molecule has 5 heterocycles. The van der Waals surface area contributed by atoms with E-state index in [4.69, 9.17) is 14.7 Å². The molecule has 1 aliphatic carbocycles. The van der Waals surface area contributed by atoms with Gasteiger partial charge >= 0.3 is 0 Å². The topological polar surface area (TPSA) is 92.5 Å². The number of fused-ring (bicyclic) bond motifs is 15. The number of aromatic nitrogens is 4. The lowest BCUT2D eigenvalue weighted by atomic mass is 9.66. The average Bonchev–Trinajstić information content (AvgIpc) is 3.88. The molecular formula is C49H26N6O. The molecule has 4 aromatic heterocycles. The molecule has 1 aliphatic heterocycles. The Kier molecular flexibility index (Phi) is 5.99. The standard InChI is InChI=1S/C49H26N6O/c50-27-29-13-17-43-35(23-29)33-7-1-3-11-41(33)54(43)31-15-19-45-39(25-31)49(37-9-5-21-52-47(37)48-38(49)10-6-22-53-48)40-26-32(16-20-46(40)56-45)55-42-12-4-2-8-34(42)36-24-30(28-51)14-18-44(36)55/h1-26H. The summed E-state index contributed by atoms with van der Waals surface area (Å²) in [4.78, 5) is 9.94. The number of rotatable bonds is 2. The van der Waals surface area contributed by atoms with Gasteiger partial charge in [0.2, 0.25) is 0 Å². The van der Waals surface area contributed by atoms with Gasteiger partial charge in [0, 0.05) is 56.4 Å². The molecule has 0 N–H and O–H groups in total. The van der Waals surface area contributed by atoms with Gasteiger partial charge < -0.3 is 13.9 Å². The first-order valence-electron chi connectivity index (χ1n) is 18.4. The van der Waals surface area contributed by atoms with E-state index in [9.17, 15) is 10.5 Å². The Morgan fingerprint density at radius 2 is 0.911 bits per heavy atom. The largest absolute Gasteiger partial charge is 0.457 e. The van der Waals surface area contributed by atoms with Crippen molar-refractivity contribution in [3.63, 3.8) is 0 Å². The zero-order valence-corrected chi connectivity index (χ0v) is 29.6. The van der Waals surface area contributed by atoms with Gasteiger partial charge in [-0.2, -0.15) is 10.5 Å². The average molecular weight is 715 g/mol. The van der Waals surface area contributed by atoms with E-state index in [-0.39, 0.29) is 0 Å². The molecule has 0 amide bonds. The van der Waals surface area contributed by atoms with E-state index in [2.05, 4.69) is 106 Å². The Hall–Kier alpha value is -8.00. The molecule has 10 aromatic rings. The number of hydrogen-bond acceptors (Lipinski definition) is 5. The highest BCUT2D eigenvalue weighted by Crippen LogP contribution is 2.62. The van der Waals surface area contributed by atoms with E-state index >= 15 is 0 Å². The molecule has 0 radical (unpaired) electrons. The third-order valence-electron chi connectivity index (χ3n) is 11.7. The van der Waals surface area contributed by atoms with Gasteiger partial charge in [0.05, 0.1) is 62.1 Å². The lowest BCUT2D eigenvalue weighted by Crippen LogP contribution is -2.32. The number of para-hydroxylation sites is 2. The molecule has 7 heteroatoms. The molecule has 1 spiro atoms. The smallest absolute Gasteiger partial charge is 0.132 e. The highest BCUT2D eigenvalue weighted by Gasteiger charge is 2.52. The number of hydrogen-bond donors (Lipinski definition) is 0. The van der Waals surface area contributed by atoms with Crippen molar-refractivity contribution in [3.05, 3.63) is 191 Å². The van der Waals surface area contributed by atoms with Crippen LogP contribution in [-0.4, -0.2) is 19.1 Å². The van der Waals surface area contributed by atoms with Crippen LogP contribution in [0.3, 0.4) is 0 Å². The second-order valence-electron chi connectivity index (χ2n) is 14.4. The molecule has 0 fully saturated rings. The second-order valence-corrected chi connectivity index (χ2v) is 14.4. The fraction of sp³-hybridized carbons (Fsp3) is 0.0204. The van der Waals surface area contributed by atoms with Crippen LogP contribution in [0.25, 0.3) is 66.4 Å². The SMILES string of the molecule is N#Cc1ccc2c(c1)c1ccccc1n2-c1ccc2c(c1)C1(c3cc(-n4c5ccccc5c5cc(C#N)ccc54)ccc3O2)c2cccnc2-c2ncccc21. The minimum Gasteiger partial charge on any atom is -0.457 e. The summed E-state index contributed by atoms with van der Waals surface area (Å²) in [6, 6.07) is 54.4. The Balaban J connectivity index is 1.18. The zero-order valence-electron chi connectivity index (χ0n) is 29.6. The van der Waals surface area contributed by atoms with Crippen molar-refractivity contribution >= 4 is 43.6 Å². The number of nitriles is 2. The van der Waals surface area contributed by atoms with Crippen LogP contribution in [-0.2, 0) is 5.41 Å². The van der Waals surface area contributed by atoms with E-state index in [0.717, 1.165) is 100 Å². The summed E-state index contributed by atoms with van der Waals surface area (Å²) in [7, 11) is 0.